The van der Waals surface area contributed by atoms with E-state index in [2.05, 4.69) is 15.5 Å². The largest absolute Gasteiger partial charge is 0.495 e. The number of nitrogens with one attached hydrogen (secondary N) is 2. The molecule has 2 N–H and O–H groups in total. The number of piperazine rings is 1. The van der Waals surface area contributed by atoms with Crippen LogP contribution in [0, 0.1) is 0 Å². The van der Waals surface area contributed by atoms with Crippen molar-refractivity contribution in [2.24, 2.45) is 0 Å². The molecule has 0 aliphatic carbocycles. The maximum absolute atomic E-state index is 12.8. The molecule has 9 nitrogen and oxygen atoms in total. The predicted octanol–water partition coefficient (Wildman–Crippen LogP) is 1.42. The first kappa shape index (κ1) is 22.3. The van der Waals surface area contributed by atoms with Crippen LogP contribution in [0.1, 0.15) is 29.6 Å². The number of carbonyl (C=O) groups excluding carboxylic acids is 3. The Morgan fingerprint density at radius 2 is 1.97 bits per heavy atom. The van der Waals surface area contributed by atoms with E-state index in [0.717, 1.165) is 45.6 Å². The summed E-state index contributed by atoms with van der Waals surface area (Å²) in [7, 11) is 1.49. The van der Waals surface area contributed by atoms with Crippen LogP contribution in [0.4, 0.5) is 10.5 Å². The normalized spacial score (nSPS) is 17.6. The van der Waals surface area contributed by atoms with Crippen LogP contribution in [0.2, 0.25) is 0 Å². The van der Waals surface area contributed by atoms with Crippen molar-refractivity contribution in [3.63, 3.8) is 0 Å². The zero-order valence-corrected chi connectivity index (χ0v) is 17.9. The molecule has 0 bridgehead atoms. The third-order valence-corrected chi connectivity index (χ3v) is 5.60. The molecule has 10 heteroatoms. The van der Waals surface area contributed by atoms with Crippen LogP contribution in [0.3, 0.4) is 0 Å². The average Bonchev–Trinajstić information content (AvgIpc) is 2.76. The molecule has 1 aromatic rings. The van der Waals surface area contributed by atoms with Crippen LogP contribution in [-0.2, 0) is 4.79 Å². The highest BCUT2D eigenvalue weighted by molar-refractivity contribution is 6.24. The van der Waals surface area contributed by atoms with Crippen LogP contribution in [-0.4, -0.2) is 80.1 Å². The molecule has 0 radical (unpaired) electrons. The number of imide groups is 1. The van der Waals surface area contributed by atoms with Crippen molar-refractivity contribution in [2.75, 3.05) is 57.8 Å². The summed E-state index contributed by atoms with van der Waals surface area (Å²) < 4.78 is 6.52. The van der Waals surface area contributed by atoms with Gasteiger partial charge in [-0.1, -0.05) is 0 Å². The number of hydrogen-bond acceptors (Lipinski definition) is 6. The van der Waals surface area contributed by atoms with Gasteiger partial charge in [0.15, 0.2) is 0 Å². The van der Waals surface area contributed by atoms with Gasteiger partial charge in [-0.25, -0.2) is 4.79 Å². The molecule has 0 spiro atoms. The van der Waals surface area contributed by atoms with Crippen molar-refractivity contribution in [3.05, 3.63) is 23.8 Å². The Kier molecular flexibility index (Phi) is 7.89. The van der Waals surface area contributed by atoms with Crippen LogP contribution >= 0.6 is 11.8 Å². The second kappa shape index (κ2) is 10.6. The fraction of sp³-hybridized carbons (Fsp3) is 0.550. The molecule has 0 atom stereocenters. The Balaban J connectivity index is 1.59. The highest BCUT2D eigenvalue weighted by Crippen LogP contribution is 2.31. The van der Waals surface area contributed by atoms with Crippen LogP contribution < -0.4 is 20.3 Å². The van der Waals surface area contributed by atoms with E-state index in [-0.39, 0.29) is 24.8 Å². The fourth-order valence-electron chi connectivity index (χ4n) is 3.59. The van der Waals surface area contributed by atoms with E-state index in [9.17, 15) is 14.4 Å². The van der Waals surface area contributed by atoms with Gasteiger partial charge in [0.2, 0.25) is 5.91 Å². The summed E-state index contributed by atoms with van der Waals surface area (Å²) in [5.74, 6) is -0.223. The van der Waals surface area contributed by atoms with E-state index in [0.29, 0.717) is 23.5 Å². The molecule has 0 unspecified atom stereocenters. The van der Waals surface area contributed by atoms with Crippen molar-refractivity contribution < 1.29 is 19.1 Å². The Morgan fingerprint density at radius 1 is 1.20 bits per heavy atom. The molecule has 1 aromatic carbocycles. The summed E-state index contributed by atoms with van der Waals surface area (Å²) in [5, 5.41) is 5.60. The fourth-order valence-corrected chi connectivity index (χ4v) is 3.81. The van der Waals surface area contributed by atoms with Gasteiger partial charge in [-0.3, -0.25) is 24.2 Å². The predicted molar refractivity (Wildman–Crippen MR) is 114 cm³/mol. The monoisotopic (exact) mass is 437 g/mol. The number of hydrogen-bond donors (Lipinski definition) is 2. The van der Waals surface area contributed by atoms with E-state index in [1.54, 1.807) is 18.2 Å². The molecule has 164 valence electrons. The maximum Gasteiger partial charge on any atom is 0.328 e. The first-order valence-corrected chi connectivity index (χ1v) is 10.5. The molecule has 0 aromatic heterocycles. The first-order chi connectivity index (χ1) is 14.5. The van der Waals surface area contributed by atoms with Crippen molar-refractivity contribution >= 4 is 35.3 Å². The number of carbonyl (C=O) groups is 3. The molecule has 2 aliphatic rings. The van der Waals surface area contributed by atoms with Crippen molar-refractivity contribution in [1.82, 2.24) is 20.0 Å². The number of urea groups is 1. The summed E-state index contributed by atoms with van der Waals surface area (Å²) in [5.41, 5.74) is 0.782. The van der Waals surface area contributed by atoms with E-state index >= 15 is 0 Å². The van der Waals surface area contributed by atoms with Crippen LogP contribution in [0.15, 0.2) is 18.2 Å². The van der Waals surface area contributed by atoms with Crippen molar-refractivity contribution in [1.29, 1.82) is 0 Å². The molecule has 2 heterocycles. The Bertz CT molecular complexity index is 784. The number of halogens is 1. The van der Waals surface area contributed by atoms with Gasteiger partial charge in [0.1, 0.15) is 5.75 Å². The lowest BCUT2D eigenvalue weighted by molar-refractivity contribution is -0.120. The van der Waals surface area contributed by atoms with E-state index in [4.69, 9.17) is 16.5 Å². The van der Waals surface area contributed by atoms with E-state index in [1.165, 1.54) is 16.4 Å². The highest BCUT2D eigenvalue weighted by atomic mass is 35.5. The number of rotatable bonds is 8. The third kappa shape index (κ3) is 5.62. The van der Waals surface area contributed by atoms with Gasteiger partial charge in [-0.15, -0.1) is 0 Å². The van der Waals surface area contributed by atoms with Gasteiger partial charge in [0.25, 0.3) is 5.91 Å². The molecule has 2 fully saturated rings. The summed E-state index contributed by atoms with van der Waals surface area (Å²) in [4.78, 5) is 40.2. The molecule has 2 saturated heterocycles. The summed E-state index contributed by atoms with van der Waals surface area (Å²) in [6, 6.07) is 4.28. The Morgan fingerprint density at radius 3 is 2.67 bits per heavy atom. The molecule has 30 heavy (non-hydrogen) atoms. The lowest BCUT2D eigenvalue weighted by Crippen LogP contribution is -2.49. The van der Waals surface area contributed by atoms with Gasteiger partial charge in [0.05, 0.1) is 12.8 Å². The number of amides is 4. The zero-order valence-electron chi connectivity index (χ0n) is 17.2. The number of nitrogens with zero attached hydrogens (tertiary/aromatic N) is 3. The third-order valence-electron chi connectivity index (χ3n) is 5.28. The second-order valence-corrected chi connectivity index (χ2v) is 7.74. The van der Waals surface area contributed by atoms with Crippen LogP contribution in [0.5, 0.6) is 5.75 Å². The number of unbranched alkanes of at least 4 members (excludes halogenated alkanes) is 1. The second-order valence-electron chi connectivity index (χ2n) is 7.33. The van der Waals surface area contributed by atoms with E-state index < -0.39 is 6.03 Å². The quantitative estimate of drug-likeness (QED) is 0.472. The van der Waals surface area contributed by atoms with Crippen LogP contribution in [0.25, 0.3) is 0 Å². The lowest BCUT2D eigenvalue weighted by Gasteiger charge is -2.28. The molecular weight excluding hydrogens is 410 g/mol. The highest BCUT2D eigenvalue weighted by Gasteiger charge is 2.27. The van der Waals surface area contributed by atoms with E-state index in [1.807, 2.05) is 0 Å². The molecule has 0 saturated carbocycles. The lowest BCUT2D eigenvalue weighted by atomic mass is 10.1. The Labute approximate surface area is 181 Å². The molecule has 4 amide bonds. The van der Waals surface area contributed by atoms with Gasteiger partial charge in [-0.2, -0.15) is 0 Å². The number of anilines is 1. The topological polar surface area (TPSA) is 94.2 Å². The zero-order chi connectivity index (χ0) is 21.5. The summed E-state index contributed by atoms with van der Waals surface area (Å²) in [6.45, 7) is 5.78. The smallest absolute Gasteiger partial charge is 0.328 e. The van der Waals surface area contributed by atoms with Gasteiger partial charge in [0, 0.05) is 63.0 Å². The summed E-state index contributed by atoms with van der Waals surface area (Å²) in [6.07, 6.45) is 1.95. The summed E-state index contributed by atoms with van der Waals surface area (Å²) >= 11 is 6.24. The number of ether oxygens (including phenoxy) is 1. The number of methoxy groups -OCH3 is 1. The minimum Gasteiger partial charge on any atom is -0.495 e. The maximum atomic E-state index is 12.8. The molecule has 3 rings (SSSR count). The SMILES string of the molecule is COc1ccc(C(=O)N(Cl)CCCCN2CCNCC2)cc1N1CCC(=O)NC1=O. The van der Waals surface area contributed by atoms with Gasteiger partial charge in [-0.05, 0) is 37.6 Å². The van der Waals surface area contributed by atoms with Gasteiger partial charge >= 0.3 is 6.03 Å². The van der Waals surface area contributed by atoms with Gasteiger partial charge < -0.3 is 15.0 Å². The Hall–Kier alpha value is -2.36. The molecular formula is C20H28ClN5O4. The first-order valence-electron chi connectivity index (χ1n) is 10.2. The molecule has 2 aliphatic heterocycles. The van der Waals surface area contributed by atoms with Crippen molar-refractivity contribution in [2.45, 2.75) is 19.3 Å². The number of benzene rings is 1. The average molecular weight is 438 g/mol. The standard InChI is InChI=1S/C20H28ClN5O4/c1-30-17-5-4-15(14-16(17)25-11-6-18(27)23-20(25)29)19(28)26(21)10-3-2-9-24-12-7-22-8-13-24/h4-5,14,22H,2-3,6-13H2,1H3,(H,23,27,29). The minimum absolute atomic E-state index is 0.182. The minimum atomic E-state index is -0.537. The van der Waals surface area contributed by atoms with Crippen molar-refractivity contribution in [3.8, 4) is 5.75 Å².